The summed E-state index contributed by atoms with van der Waals surface area (Å²) in [6.07, 6.45) is -0.171. The predicted molar refractivity (Wildman–Crippen MR) is 118 cm³/mol. The first-order chi connectivity index (χ1) is 16.8. The van der Waals surface area contributed by atoms with E-state index in [-0.39, 0.29) is 33.3 Å². The lowest BCUT2D eigenvalue weighted by Crippen LogP contribution is -2.33. The topological polar surface area (TPSA) is 115 Å². The van der Waals surface area contributed by atoms with Crippen molar-refractivity contribution in [3.8, 4) is 17.2 Å². The number of hydrogen-bond donors (Lipinski definition) is 1. The van der Waals surface area contributed by atoms with Gasteiger partial charge in [0.1, 0.15) is 11.2 Å². The van der Waals surface area contributed by atoms with E-state index in [0.717, 1.165) is 18.5 Å². The number of alkyl halides is 5. The van der Waals surface area contributed by atoms with Crippen LogP contribution in [-0.4, -0.2) is 50.7 Å². The van der Waals surface area contributed by atoms with E-state index in [4.69, 9.17) is 4.78 Å². The molecule has 190 valence electrons. The monoisotopic (exact) mass is 526 g/mol. The summed E-state index contributed by atoms with van der Waals surface area (Å²) in [5, 5.41) is 8.22. The molecule has 0 radical (unpaired) electrons. The fourth-order valence-electron chi connectivity index (χ4n) is 3.73. The number of aryl methyl sites for hydroxylation is 1. The van der Waals surface area contributed by atoms with Crippen molar-refractivity contribution in [2.75, 3.05) is 5.75 Å². The number of nitrogens with zero attached hydrogens (tertiary/aromatic N) is 7. The zero-order valence-corrected chi connectivity index (χ0v) is 19.7. The lowest BCUT2D eigenvalue weighted by atomic mass is 10.1. The second-order valence-electron chi connectivity index (χ2n) is 8.50. The molecular formula is C21H19F5N8OS. The van der Waals surface area contributed by atoms with Crippen molar-refractivity contribution < 1.29 is 26.2 Å². The van der Waals surface area contributed by atoms with Gasteiger partial charge in [0.25, 0.3) is 0 Å². The molecule has 1 saturated carbocycles. The van der Waals surface area contributed by atoms with Gasteiger partial charge in [-0.2, -0.15) is 22.0 Å². The summed E-state index contributed by atoms with van der Waals surface area (Å²) in [4.78, 5) is 12.3. The number of halogens is 5. The zero-order chi connectivity index (χ0) is 26.0. The second-order valence-corrected chi connectivity index (χ2v) is 10.9. The van der Waals surface area contributed by atoms with E-state index in [1.807, 2.05) is 0 Å². The molecule has 15 heteroatoms. The maximum absolute atomic E-state index is 13.9. The van der Waals surface area contributed by atoms with Crippen molar-refractivity contribution in [3.63, 3.8) is 0 Å². The summed E-state index contributed by atoms with van der Waals surface area (Å²) < 4.78 is 90.6. The molecule has 1 N–H and O–H groups in total. The van der Waals surface area contributed by atoms with Crippen LogP contribution in [0.3, 0.4) is 0 Å². The summed E-state index contributed by atoms with van der Waals surface area (Å²) in [6.45, 7) is 1.56. The fourth-order valence-corrected chi connectivity index (χ4v) is 4.81. The highest BCUT2D eigenvalue weighted by Gasteiger charge is 2.59. The molecule has 0 amide bonds. The third kappa shape index (κ3) is 3.90. The molecule has 0 aliphatic heterocycles. The Labute approximate surface area is 201 Å². The molecule has 1 fully saturated rings. The number of nitrogens with one attached hydrogen (secondary N) is 1. The highest BCUT2D eigenvalue weighted by molar-refractivity contribution is 7.92. The van der Waals surface area contributed by atoms with Crippen LogP contribution in [-0.2, 0) is 22.7 Å². The largest absolute Gasteiger partial charge is 0.458 e. The summed E-state index contributed by atoms with van der Waals surface area (Å²) in [5.41, 5.74) is -0.328. The van der Waals surface area contributed by atoms with Gasteiger partial charge in [-0.05, 0) is 25.0 Å². The molecular weight excluding hydrogens is 507 g/mol. The Balaban J connectivity index is 1.65. The van der Waals surface area contributed by atoms with Crippen LogP contribution in [0.4, 0.5) is 22.0 Å². The van der Waals surface area contributed by atoms with Crippen molar-refractivity contribution >= 4 is 20.9 Å². The van der Waals surface area contributed by atoms with Gasteiger partial charge < -0.3 is 4.57 Å². The van der Waals surface area contributed by atoms with E-state index >= 15 is 0 Å². The van der Waals surface area contributed by atoms with Crippen LogP contribution in [0.25, 0.3) is 28.4 Å². The van der Waals surface area contributed by atoms with Gasteiger partial charge in [0.2, 0.25) is 0 Å². The highest BCUT2D eigenvalue weighted by Crippen LogP contribution is 2.44. The Morgan fingerprint density at radius 3 is 2.50 bits per heavy atom. The molecule has 4 heterocycles. The van der Waals surface area contributed by atoms with E-state index in [1.165, 1.54) is 28.6 Å². The number of rotatable bonds is 6. The van der Waals surface area contributed by atoms with E-state index in [0.29, 0.717) is 23.9 Å². The quantitative estimate of drug-likeness (QED) is 0.368. The van der Waals surface area contributed by atoms with Gasteiger partial charge in [0.05, 0.1) is 44.0 Å². The van der Waals surface area contributed by atoms with Crippen LogP contribution in [0.1, 0.15) is 36.9 Å². The first-order valence-corrected chi connectivity index (χ1v) is 12.5. The molecule has 0 saturated heterocycles. The first kappa shape index (κ1) is 24.2. The van der Waals surface area contributed by atoms with Crippen LogP contribution in [0.15, 0.2) is 35.6 Å². The predicted octanol–water partition coefficient (Wildman–Crippen LogP) is 4.57. The molecule has 9 nitrogen and oxygen atoms in total. The van der Waals surface area contributed by atoms with Crippen LogP contribution in [0.2, 0.25) is 0 Å². The Bertz CT molecular complexity index is 1590. The van der Waals surface area contributed by atoms with Crippen LogP contribution in [0.5, 0.6) is 0 Å². The van der Waals surface area contributed by atoms with Crippen molar-refractivity contribution in [1.29, 1.82) is 4.78 Å². The van der Waals surface area contributed by atoms with Gasteiger partial charge in [0.15, 0.2) is 11.5 Å². The molecule has 36 heavy (non-hydrogen) atoms. The van der Waals surface area contributed by atoms with Crippen molar-refractivity contribution in [1.82, 2.24) is 34.5 Å². The average Bonchev–Trinajstić information content (AvgIpc) is 3.47. The molecule has 4 aromatic rings. The van der Waals surface area contributed by atoms with Crippen LogP contribution < -0.4 is 0 Å². The van der Waals surface area contributed by atoms with Gasteiger partial charge in [0, 0.05) is 24.9 Å². The summed E-state index contributed by atoms with van der Waals surface area (Å²) in [7, 11) is -1.91. The first-order valence-electron chi connectivity index (χ1n) is 10.8. The van der Waals surface area contributed by atoms with E-state index in [2.05, 4.69) is 25.3 Å². The van der Waals surface area contributed by atoms with Crippen LogP contribution >= 0.6 is 0 Å². The lowest BCUT2D eigenvalue weighted by Gasteiger charge is -2.19. The van der Waals surface area contributed by atoms with Crippen molar-refractivity contribution in [3.05, 3.63) is 42.0 Å². The van der Waals surface area contributed by atoms with Gasteiger partial charge >= 0.3 is 12.1 Å². The van der Waals surface area contributed by atoms with E-state index in [9.17, 15) is 26.2 Å². The molecule has 0 bridgehead atoms. The summed E-state index contributed by atoms with van der Waals surface area (Å²) >= 11 is 0. The average molecular weight is 526 g/mol. The molecule has 5 rings (SSSR count). The summed E-state index contributed by atoms with van der Waals surface area (Å²) in [5.74, 6) is -4.81. The third-order valence-corrected chi connectivity index (χ3v) is 7.85. The van der Waals surface area contributed by atoms with Crippen molar-refractivity contribution in [2.45, 2.75) is 42.7 Å². The molecule has 0 spiro atoms. The van der Waals surface area contributed by atoms with Crippen molar-refractivity contribution in [2.24, 2.45) is 7.05 Å². The van der Waals surface area contributed by atoms with E-state index < -0.39 is 27.4 Å². The minimum Gasteiger partial charge on any atom is -0.310 e. The molecule has 0 aromatic carbocycles. The maximum Gasteiger partial charge on any atom is 0.458 e. The van der Waals surface area contributed by atoms with Gasteiger partial charge in [-0.15, -0.1) is 5.10 Å². The Kier molecular flexibility index (Phi) is 5.39. The van der Waals surface area contributed by atoms with Crippen LogP contribution in [0, 0.1) is 4.78 Å². The van der Waals surface area contributed by atoms with Gasteiger partial charge in [-0.25, -0.2) is 28.6 Å². The highest BCUT2D eigenvalue weighted by atomic mass is 32.2. The molecule has 1 aliphatic rings. The second kappa shape index (κ2) is 8.01. The van der Waals surface area contributed by atoms with E-state index in [1.54, 1.807) is 13.1 Å². The Morgan fingerprint density at radius 2 is 1.86 bits per heavy atom. The van der Waals surface area contributed by atoms with Gasteiger partial charge in [-0.3, -0.25) is 0 Å². The maximum atomic E-state index is 13.9. The standard InChI is InChI=1S/C21H19F5N8OS/c1-3-36(27,35)16-7-13(34-10-15(31-32-34)11-4-5-11)9-28-17(16)19-30-14-6-12(8-29-18(14)33(19)2)20(22,23)21(24,25)26/h6-11,27H,3-5H2,1-2H3. The Morgan fingerprint density at radius 1 is 1.14 bits per heavy atom. The number of aromatic nitrogens is 7. The molecule has 1 unspecified atom stereocenters. The normalized spacial score (nSPS) is 16.4. The number of fused-ring (bicyclic) bond motifs is 1. The smallest absolute Gasteiger partial charge is 0.310 e. The molecule has 1 aliphatic carbocycles. The molecule has 4 aromatic heterocycles. The fraction of sp³-hybridized carbons (Fsp3) is 0.381. The minimum absolute atomic E-state index is 0.0113. The number of hydrogen-bond acceptors (Lipinski definition) is 7. The lowest BCUT2D eigenvalue weighted by molar-refractivity contribution is -0.289. The molecule has 1 atom stereocenters. The number of imidazole rings is 1. The zero-order valence-electron chi connectivity index (χ0n) is 18.9. The Hall–Kier alpha value is -3.49. The third-order valence-electron chi connectivity index (χ3n) is 6.01. The summed E-state index contributed by atoms with van der Waals surface area (Å²) in [6, 6.07) is 2.09. The van der Waals surface area contributed by atoms with Gasteiger partial charge in [-0.1, -0.05) is 12.1 Å². The number of pyridine rings is 2. The minimum atomic E-state index is -5.80. The SMILES string of the molecule is CCS(=N)(=O)c1cc(-n2cc(C3CC3)nn2)cnc1-c1nc2cc(C(F)(F)C(F)(F)F)cnc2n1C.